The van der Waals surface area contributed by atoms with Gasteiger partial charge in [0, 0.05) is 23.3 Å². The van der Waals surface area contributed by atoms with Gasteiger partial charge in [0.1, 0.15) is 11.5 Å². The average molecular weight is 458 g/mol. The van der Waals surface area contributed by atoms with Crippen molar-refractivity contribution >= 4 is 34.7 Å². The zero-order valence-electron chi connectivity index (χ0n) is 18.7. The number of ketones is 6. The Morgan fingerprint density at radius 2 is 0.971 bits per heavy atom. The summed E-state index contributed by atoms with van der Waals surface area (Å²) in [7, 11) is 2.65. The average Bonchev–Trinajstić information content (AvgIpc) is 2.81. The van der Waals surface area contributed by atoms with Crippen molar-refractivity contribution in [2.24, 2.45) is 0 Å². The molecule has 0 fully saturated rings. The normalized spacial score (nSPS) is 14.7. The minimum atomic E-state index is -0.615. The standard InChI is InChI=1S/C26H18O8/c1-11(27)15-9-19(29)17-5-13(7-21(33-3)23(17)25(15)31)14-6-18-20(30)10-16(12(2)28)26(32)24(18)22(8-14)34-4/h5-10H,1-4H3. The first-order valence-corrected chi connectivity index (χ1v) is 10.2. The number of carbonyl (C=O) groups is 6. The van der Waals surface area contributed by atoms with Gasteiger partial charge in [-0.1, -0.05) is 0 Å². The van der Waals surface area contributed by atoms with Gasteiger partial charge in [-0.2, -0.15) is 0 Å². The Hall–Kier alpha value is -4.46. The van der Waals surface area contributed by atoms with Crippen LogP contribution >= 0.6 is 0 Å². The van der Waals surface area contributed by atoms with Crippen molar-refractivity contribution in [3.8, 4) is 22.6 Å². The number of hydrogen-bond donors (Lipinski definition) is 0. The van der Waals surface area contributed by atoms with Crippen LogP contribution in [0.4, 0.5) is 0 Å². The second-order valence-corrected chi connectivity index (χ2v) is 7.82. The lowest BCUT2D eigenvalue weighted by Gasteiger charge is -2.20. The highest BCUT2D eigenvalue weighted by Crippen LogP contribution is 2.39. The van der Waals surface area contributed by atoms with Crippen LogP contribution in [0, 0.1) is 0 Å². The van der Waals surface area contributed by atoms with E-state index in [0.717, 1.165) is 12.2 Å². The molecular formula is C26H18O8. The van der Waals surface area contributed by atoms with E-state index in [0.29, 0.717) is 11.1 Å². The maximum absolute atomic E-state index is 12.8. The molecule has 0 atom stereocenters. The molecule has 0 heterocycles. The predicted octanol–water partition coefficient (Wildman–Crippen LogP) is 3.16. The van der Waals surface area contributed by atoms with Crippen LogP contribution in [0.5, 0.6) is 11.5 Å². The van der Waals surface area contributed by atoms with E-state index in [2.05, 4.69) is 0 Å². The molecule has 2 aliphatic rings. The van der Waals surface area contributed by atoms with Crippen LogP contribution in [-0.4, -0.2) is 48.9 Å². The number of Topliss-reactive ketones (excluding diaryl/α,β-unsaturated/α-hetero) is 4. The summed E-state index contributed by atoms with van der Waals surface area (Å²) in [5, 5.41) is 0. The molecule has 0 N–H and O–H groups in total. The second-order valence-electron chi connectivity index (χ2n) is 7.82. The van der Waals surface area contributed by atoms with Crippen molar-refractivity contribution in [2.75, 3.05) is 14.2 Å². The highest BCUT2D eigenvalue weighted by atomic mass is 16.5. The third kappa shape index (κ3) is 3.40. The zero-order chi connectivity index (χ0) is 24.9. The van der Waals surface area contributed by atoms with Gasteiger partial charge in [0.2, 0.25) is 11.6 Å². The van der Waals surface area contributed by atoms with Crippen LogP contribution in [0.2, 0.25) is 0 Å². The Labute approximate surface area is 193 Å². The van der Waals surface area contributed by atoms with Crippen LogP contribution in [0.25, 0.3) is 11.1 Å². The minimum Gasteiger partial charge on any atom is -0.496 e. The number of benzene rings is 2. The molecule has 170 valence electrons. The number of ether oxygens (including phenoxy) is 2. The number of hydrogen-bond acceptors (Lipinski definition) is 8. The smallest absolute Gasteiger partial charge is 0.201 e. The molecule has 8 heteroatoms. The van der Waals surface area contributed by atoms with Crippen molar-refractivity contribution < 1.29 is 38.2 Å². The molecule has 0 aromatic heterocycles. The second kappa shape index (κ2) is 8.15. The molecule has 0 saturated carbocycles. The number of rotatable bonds is 5. The first-order valence-electron chi connectivity index (χ1n) is 10.2. The number of allylic oxidation sites excluding steroid dienone is 4. The Kier molecular flexibility index (Phi) is 5.45. The summed E-state index contributed by atoms with van der Waals surface area (Å²) in [6.45, 7) is 2.40. The summed E-state index contributed by atoms with van der Waals surface area (Å²) in [5.41, 5.74) is 0.429. The molecule has 2 aromatic rings. The summed E-state index contributed by atoms with van der Waals surface area (Å²) in [5.74, 6) is -3.21. The summed E-state index contributed by atoms with van der Waals surface area (Å²) >= 11 is 0. The molecule has 2 aromatic carbocycles. The molecular weight excluding hydrogens is 440 g/mol. The van der Waals surface area contributed by atoms with Crippen LogP contribution in [-0.2, 0) is 9.59 Å². The van der Waals surface area contributed by atoms with E-state index in [1.165, 1.54) is 52.3 Å². The SMILES string of the molecule is COc1cc(-c2cc(OC)c3c(c2)C(=O)C=C(C(C)=O)C3=O)cc2c1C(=O)C(C(C)=O)=CC2=O. The lowest BCUT2D eigenvalue weighted by atomic mass is 9.83. The van der Waals surface area contributed by atoms with Crippen LogP contribution in [0.1, 0.15) is 55.3 Å². The van der Waals surface area contributed by atoms with E-state index >= 15 is 0 Å². The molecule has 0 unspecified atom stereocenters. The fraction of sp³-hybridized carbons (Fsp3) is 0.154. The first kappa shape index (κ1) is 22.7. The van der Waals surface area contributed by atoms with Crippen molar-refractivity contribution in [1.29, 1.82) is 0 Å². The van der Waals surface area contributed by atoms with Gasteiger partial charge in [-0.15, -0.1) is 0 Å². The van der Waals surface area contributed by atoms with Crippen molar-refractivity contribution in [2.45, 2.75) is 13.8 Å². The Morgan fingerprint density at radius 1 is 0.618 bits per heavy atom. The first-order chi connectivity index (χ1) is 16.1. The van der Waals surface area contributed by atoms with Crippen LogP contribution in [0.15, 0.2) is 47.6 Å². The Balaban J connectivity index is 1.93. The Bertz CT molecular complexity index is 1330. The summed E-state index contributed by atoms with van der Waals surface area (Å²) in [6, 6.07) is 5.91. The van der Waals surface area contributed by atoms with E-state index < -0.39 is 34.7 Å². The minimum absolute atomic E-state index is 0.0193. The van der Waals surface area contributed by atoms with Crippen LogP contribution in [0.3, 0.4) is 0 Å². The predicted molar refractivity (Wildman–Crippen MR) is 120 cm³/mol. The molecule has 0 bridgehead atoms. The third-order valence-electron chi connectivity index (χ3n) is 5.76. The van der Waals surface area contributed by atoms with Crippen LogP contribution < -0.4 is 9.47 Å². The number of methoxy groups -OCH3 is 2. The molecule has 0 aliphatic heterocycles. The highest BCUT2D eigenvalue weighted by Gasteiger charge is 2.34. The maximum Gasteiger partial charge on any atom is 0.201 e. The zero-order valence-corrected chi connectivity index (χ0v) is 18.7. The van der Waals surface area contributed by atoms with Gasteiger partial charge in [-0.05, 0) is 49.2 Å². The van der Waals surface area contributed by atoms with E-state index in [9.17, 15) is 28.8 Å². The lowest BCUT2D eigenvalue weighted by molar-refractivity contribution is -0.114. The molecule has 0 spiro atoms. The number of fused-ring (bicyclic) bond motifs is 2. The van der Waals surface area contributed by atoms with Gasteiger partial charge in [0.15, 0.2) is 23.1 Å². The molecule has 0 saturated heterocycles. The molecule has 2 aliphatic carbocycles. The third-order valence-corrected chi connectivity index (χ3v) is 5.76. The van der Waals surface area contributed by atoms with E-state index in [1.807, 2.05) is 0 Å². The van der Waals surface area contributed by atoms with Gasteiger partial charge in [0.05, 0.1) is 36.5 Å². The van der Waals surface area contributed by atoms with Gasteiger partial charge in [0.25, 0.3) is 0 Å². The fourth-order valence-corrected chi connectivity index (χ4v) is 4.08. The van der Waals surface area contributed by atoms with E-state index in [-0.39, 0.29) is 44.9 Å². The Morgan fingerprint density at radius 3 is 1.26 bits per heavy atom. The van der Waals surface area contributed by atoms with Gasteiger partial charge >= 0.3 is 0 Å². The molecule has 0 radical (unpaired) electrons. The topological polar surface area (TPSA) is 121 Å². The molecule has 4 rings (SSSR count). The van der Waals surface area contributed by atoms with E-state index in [1.54, 1.807) is 0 Å². The lowest BCUT2D eigenvalue weighted by Crippen LogP contribution is -2.22. The summed E-state index contributed by atoms with van der Waals surface area (Å²) < 4.78 is 10.7. The molecule has 34 heavy (non-hydrogen) atoms. The number of carbonyl (C=O) groups excluding carboxylic acids is 6. The maximum atomic E-state index is 12.8. The van der Waals surface area contributed by atoms with Gasteiger partial charge in [-0.3, -0.25) is 28.8 Å². The monoisotopic (exact) mass is 458 g/mol. The fourth-order valence-electron chi connectivity index (χ4n) is 4.08. The van der Waals surface area contributed by atoms with E-state index in [4.69, 9.17) is 9.47 Å². The summed E-state index contributed by atoms with van der Waals surface area (Å²) in [6.07, 6.45) is 2.00. The van der Waals surface area contributed by atoms with Crippen molar-refractivity contribution in [3.63, 3.8) is 0 Å². The molecule has 0 amide bonds. The van der Waals surface area contributed by atoms with Gasteiger partial charge in [-0.25, -0.2) is 0 Å². The largest absolute Gasteiger partial charge is 0.496 e. The van der Waals surface area contributed by atoms with Gasteiger partial charge < -0.3 is 9.47 Å². The quantitative estimate of drug-likeness (QED) is 0.627. The molecule has 8 nitrogen and oxygen atoms in total. The van der Waals surface area contributed by atoms with Crippen molar-refractivity contribution in [3.05, 3.63) is 69.8 Å². The highest BCUT2D eigenvalue weighted by molar-refractivity contribution is 6.36. The van der Waals surface area contributed by atoms with Crippen molar-refractivity contribution in [1.82, 2.24) is 0 Å². The summed E-state index contributed by atoms with van der Waals surface area (Å²) in [4.78, 5) is 74.8.